The SMILES string of the molecule is CSc1ccccc1CNc1cc2c3c(c1)[C@@H]1CNC[C@@H]1CN3CCC2. The number of aryl methyl sites for hydroxylation is 1. The van der Waals surface area contributed by atoms with E-state index in [1.54, 1.807) is 16.8 Å². The van der Waals surface area contributed by atoms with Crippen LogP contribution in [0.5, 0.6) is 0 Å². The van der Waals surface area contributed by atoms with Crippen LogP contribution in [0.1, 0.15) is 29.0 Å². The van der Waals surface area contributed by atoms with Crippen LogP contribution >= 0.6 is 11.8 Å². The Morgan fingerprint density at radius 2 is 2.15 bits per heavy atom. The summed E-state index contributed by atoms with van der Waals surface area (Å²) < 4.78 is 0. The molecule has 2 aromatic rings. The maximum atomic E-state index is 3.73. The van der Waals surface area contributed by atoms with Crippen molar-refractivity contribution in [2.75, 3.05) is 42.7 Å². The van der Waals surface area contributed by atoms with Crippen LogP contribution in [0, 0.1) is 5.92 Å². The smallest absolute Gasteiger partial charge is 0.0436 e. The first-order valence-electron chi connectivity index (χ1n) is 9.82. The van der Waals surface area contributed by atoms with Gasteiger partial charge in [-0.25, -0.2) is 0 Å². The molecule has 1 fully saturated rings. The first-order valence-corrected chi connectivity index (χ1v) is 11.0. The molecule has 5 rings (SSSR count). The van der Waals surface area contributed by atoms with Gasteiger partial charge in [0.25, 0.3) is 0 Å². The van der Waals surface area contributed by atoms with Crippen LogP contribution in [0.3, 0.4) is 0 Å². The van der Waals surface area contributed by atoms with E-state index in [1.807, 2.05) is 11.8 Å². The zero-order valence-corrected chi connectivity index (χ0v) is 16.2. The lowest BCUT2D eigenvalue weighted by Gasteiger charge is -2.42. The third-order valence-electron chi connectivity index (χ3n) is 6.28. The molecular formula is C22H27N3S. The van der Waals surface area contributed by atoms with Gasteiger partial charge in [-0.15, -0.1) is 11.8 Å². The molecule has 0 radical (unpaired) electrons. The molecule has 0 bridgehead atoms. The van der Waals surface area contributed by atoms with Crippen molar-refractivity contribution in [1.82, 2.24) is 5.32 Å². The Morgan fingerprint density at radius 1 is 1.23 bits per heavy atom. The van der Waals surface area contributed by atoms with E-state index >= 15 is 0 Å². The third kappa shape index (κ3) is 2.80. The predicted octanol–water partition coefficient (Wildman–Crippen LogP) is 4.09. The molecule has 0 unspecified atom stereocenters. The number of benzene rings is 2. The van der Waals surface area contributed by atoms with Gasteiger partial charge in [0.15, 0.2) is 0 Å². The molecule has 0 aromatic heterocycles. The monoisotopic (exact) mass is 365 g/mol. The second kappa shape index (κ2) is 6.82. The normalized spacial score (nSPS) is 23.5. The van der Waals surface area contributed by atoms with E-state index in [4.69, 9.17) is 0 Å². The molecule has 3 nitrogen and oxygen atoms in total. The van der Waals surface area contributed by atoms with Gasteiger partial charge in [-0.05, 0) is 59.9 Å². The summed E-state index contributed by atoms with van der Waals surface area (Å²) in [5.41, 5.74) is 7.39. The summed E-state index contributed by atoms with van der Waals surface area (Å²) in [6, 6.07) is 13.6. The summed E-state index contributed by atoms with van der Waals surface area (Å²) in [5, 5.41) is 7.36. The van der Waals surface area contributed by atoms with E-state index in [9.17, 15) is 0 Å². The lowest BCUT2D eigenvalue weighted by atomic mass is 9.80. The minimum Gasteiger partial charge on any atom is -0.381 e. The Balaban J connectivity index is 1.46. The van der Waals surface area contributed by atoms with Gasteiger partial charge in [0, 0.05) is 54.9 Å². The van der Waals surface area contributed by atoms with Crippen LogP contribution in [-0.4, -0.2) is 32.4 Å². The highest BCUT2D eigenvalue weighted by Gasteiger charge is 2.38. The van der Waals surface area contributed by atoms with Crippen molar-refractivity contribution in [3.05, 3.63) is 53.1 Å². The molecule has 26 heavy (non-hydrogen) atoms. The molecule has 3 aliphatic heterocycles. The molecule has 0 amide bonds. The first kappa shape index (κ1) is 16.5. The average Bonchev–Trinajstić information content (AvgIpc) is 3.15. The molecule has 2 aromatic carbocycles. The molecule has 3 heterocycles. The Kier molecular flexibility index (Phi) is 4.33. The fourth-order valence-electron chi connectivity index (χ4n) is 5.05. The summed E-state index contributed by atoms with van der Waals surface area (Å²) in [6.07, 6.45) is 4.67. The molecule has 4 heteroatoms. The largest absolute Gasteiger partial charge is 0.381 e. The Labute approximate surface area is 160 Å². The number of nitrogens with one attached hydrogen (secondary N) is 2. The van der Waals surface area contributed by atoms with Crippen molar-refractivity contribution in [1.29, 1.82) is 0 Å². The summed E-state index contributed by atoms with van der Waals surface area (Å²) in [4.78, 5) is 4.03. The lowest BCUT2D eigenvalue weighted by molar-refractivity contribution is 0.470. The van der Waals surface area contributed by atoms with Crippen molar-refractivity contribution < 1.29 is 0 Å². The Morgan fingerprint density at radius 3 is 3.08 bits per heavy atom. The second-order valence-corrected chi connectivity index (χ2v) is 8.66. The highest BCUT2D eigenvalue weighted by molar-refractivity contribution is 7.98. The van der Waals surface area contributed by atoms with Crippen LogP contribution in [0.4, 0.5) is 11.4 Å². The van der Waals surface area contributed by atoms with E-state index in [-0.39, 0.29) is 0 Å². The molecule has 2 N–H and O–H groups in total. The highest BCUT2D eigenvalue weighted by atomic mass is 32.2. The maximum absolute atomic E-state index is 3.73. The second-order valence-electron chi connectivity index (χ2n) is 7.81. The van der Waals surface area contributed by atoms with Gasteiger partial charge in [-0.3, -0.25) is 0 Å². The number of hydrogen-bond donors (Lipinski definition) is 2. The Bertz CT molecular complexity index is 819. The van der Waals surface area contributed by atoms with Gasteiger partial charge in [0.1, 0.15) is 0 Å². The summed E-state index contributed by atoms with van der Waals surface area (Å²) >= 11 is 1.83. The van der Waals surface area contributed by atoms with E-state index in [0.717, 1.165) is 19.0 Å². The van der Waals surface area contributed by atoms with Crippen molar-refractivity contribution in [2.45, 2.75) is 30.2 Å². The molecular weight excluding hydrogens is 338 g/mol. The van der Waals surface area contributed by atoms with Crippen molar-refractivity contribution in [2.24, 2.45) is 5.92 Å². The number of rotatable bonds is 4. The number of anilines is 2. The molecule has 0 spiro atoms. The predicted molar refractivity (Wildman–Crippen MR) is 112 cm³/mol. The quantitative estimate of drug-likeness (QED) is 0.798. The summed E-state index contributed by atoms with van der Waals surface area (Å²) in [6.45, 7) is 5.69. The van der Waals surface area contributed by atoms with E-state index in [0.29, 0.717) is 5.92 Å². The molecule has 1 saturated heterocycles. The van der Waals surface area contributed by atoms with E-state index in [1.165, 1.54) is 48.6 Å². The number of fused-ring (bicyclic) bond motifs is 2. The molecule has 0 saturated carbocycles. The number of nitrogens with zero attached hydrogens (tertiary/aromatic N) is 1. The first-order chi connectivity index (χ1) is 12.8. The van der Waals surface area contributed by atoms with Crippen LogP contribution in [0.25, 0.3) is 0 Å². The zero-order chi connectivity index (χ0) is 17.5. The van der Waals surface area contributed by atoms with Crippen molar-refractivity contribution in [3.8, 4) is 0 Å². The number of hydrogen-bond acceptors (Lipinski definition) is 4. The Hall–Kier alpha value is -1.65. The topological polar surface area (TPSA) is 27.3 Å². The van der Waals surface area contributed by atoms with E-state index in [2.05, 4.69) is 58.2 Å². The van der Waals surface area contributed by atoms with Crippen LogP contribution < -0.4 is 15.5 Å². The third-order valence-corrected chi connectivity index (χ3v) is 7.12. The van der Waals surface area contributed by atoms with Gasteiger partial charge < -0.3 is 15.5 Å². The molecule has 136 valence electrons. The van der Waals surface area contributed by atoms with Crippen LogP contribution in [0.2, 0.25) is 0 Å². The standard InChI is InChI=1S/C22H27N3S/c1-26-21-7-3-2-5-16(21)12-24-18-9-15-6-4-8-25-14-17-11-23-13-20(17)19(10-18)22(15)25/h2-3,5,7,9-10,17,20,23-24H,4,6,8,11-14H2,1H3/t17-,20-/m1/s1. The zero-order valence-electron chi connectivity index (χ0n) is 15.4. The average molecular weight is 366 g/mol. The van der Waals surface area contributed by atoms with E-state index < -0.39 is 0 Å². The molecule has 0 aliphatic carbocycles. The van der Waals surface area contributed by atoms with Gasteiger partial charge in [0.05, 0.1) is 0 Å². The van der Waals surface area contributed by atoms with Gasteiger partial charge in [-0.1, -0.05) is 18.2 Å². The lowest BCUT2D eigenvalue weighted by Crippen LogP contribution is -2.41. The fourth-order valence-corrected chi connectivity index (χ4v) is 5.67. The van der Waals surface area contributed by atoms with Gasteiger partial charge in [-0.2, -0.15) is 0 Å². The minimum absolute atomic E-state index is 0.693. The summed E-state index contributed by atoms with van der Waals surface area (Å²) in [5.74, 6) is 1.47. The molecule has 2 atom stereocenters. The van der Waals surface area contributed by atoms with Crippen LogP contribution in [0.15, 0.2) is 41.3 Å². The minimum atomic E-state index is 0.693. The fraction of sp³-hybridized carbons (Fsp3) is 0.455. The summed E-state index contributed by atoms with van der Waals surface area (Å²) in [7, 11) is 0. The molecule has 3 aliphatic rings. The van der Waals surface area contributed by atoms with Crippen LogP contribution in [-0.2, 0) is 13.0 Å². The van der Waals surface area contributed by atoms with Gasteiger partial charge in [0.2, 0.25) is 0 Å². The van der Waals surface area contributed by atoms with Crippen molar-refractivity contribution >= 4 is 23.1 Å². The maximum Gasteiger partial charge on any atom is 0.0436 e. The van der Waals surface area contributed by atoms with Crippen molar-refractivity contribution in [3.63, 3.8) is 0 Å². The highest BCUT2D eigenvalue weighted by Crippen LogP contribution is 2.45. The van der Waals surface area contributed by atoms with Gasteiger partial charge >= 0.3 is 0 Å². The number of thioether (sulfide) groups is 1.